The van der Waals surface area contributed by atoms with E-state index in [1.807, 2.05) is 30.3 Å². The number of nitrogens with zero attached hydrogens (tertiary/aromatic N) is 2. The second-order valence-electron chi connectivity index (χ2n) is 5.63. The number of pyridine rings is 1. The second kappa shape index (κ2) is 5.99. The number of hydrogen-bond donors (Lipinski definition) is 2. The number of para-hydroxylation sites is 2. The predicted molar refractivity (Wildman–Crippen MR) is 94.6 cm³/mol. The highest BCUT2D eigenvalue weighted by molar-refractivity contribution is 6.13. The van der Waals surface area contributed by atoms with Crippen LogP contribution in [0.5, 0.6) is 0 Å². The van der Waals surface area contributed by atoms with Crippen LogP contribution in [0.3, 0.4) is 0 Å². The zero-order chi connectivity index (χ0) is 17.4. The van der Waals surface area contributed by atoms with Gasteiger partial charge in [-0.2, -0.15) is 0 Å². The molecule has 0 saturated heterocycles. The number of carbonyl (C=O) groups excluding carboxylic acids is 1. The number of hydrogen-bond acceptors (Lipinski definition) is 6. The first-order chi connectivity index (χ1) is 12.2. The summed E-state index contributed by atoms with van der Waals surface area (Å²) >= 11 is 0. The number of methoxy groups -OCH3 is 1. The molecule has 1 atom stereocenters. The Morgan fingerprint density at radius 3 is 2.76 bits per heavy atom. The zero-order valence-electron chi connectivity index (χ0n) is 13.4. The molecule has 1 aliphatic rings. The van der Waals surface area contributed by atoms with E-state index in [1.54, 1.807) is 24.3 Å². The molecule has 25 heavy (non-hydrogen) atoms. The van der Waals surface area contributed by atoms with Crippen LogP contribution >= 0.6 is 0 Å². The van der Waals surface area contributed by atoms with E-state index in [-0.39, 0.29) is 0 Å². The Hall–Kier alpha value is -3.25. The second-order valence-corrected chi connectivity index (χ2v) is 5.63. The smallest absolute Gasteiger partial charge is 0.339 e. The number of aliphatic hydroxyl groups excluding tert-OH is 1. The van der Waals surface area contributed by atoms with Crippen molar-refractivity contribution in [1.82, 2.24) is 4.98 Å². The first-order valence-electron chi connectivity index (χ1n) is 7.77. The van der Waals surface area contributed by atoms with Crippen LogP contribution < -0.4 is 5.32 Å². The van der Waals surface area contributed by atoms with Gasteiger partial charge in [0, 0.05) is 10.9 Å². The van der Waals surface area contributed by atoms with Crippen LogP contribution in [0, 0.1) is 0 Å². The molecule has 0 radical (unpaired) electrons. The van der Waals surface area contributed by atoms with Crippen LogP contribution in [0.25, 0.3) is 10.9 Å². The number of carbonyl (C=O) groups is 1. The van der Waals surface area contributed by atoms with Gasteiger partial charge in [0.25, 0.3) is 0 Å². The lowest BCUT2D eigenvalue weighted by Gasteiger charge is -2.11. The van der Waals surface area contributed by atoms with Gasteiger partial charge in [-0.25, -0.2) is 14.8 Å². The van der Waals surface area contributed by atoms with E-state index in [0.717, 1.165) is 10.9 Å². The van der Waals surface area contributed by atoms with Crippen molar-refractivity contribution in [3.8, 4) is 0 Å². The fourth-order valence-corrected chi connectivity index (χ4v) is 2.87. The van der Waals surface area contributed by atoms with Crippen LogP contribution in [0.2, 0.25) is 0 Å². The summed E-state index contributed by atoms with van der Waals surface area (Å²) in [6, 6.07) is 16.5. The molecule has 0 saturated carbocycles. The Morgan fingerprint density at radius 2 is 1.92 bits per heavy atom. The Labute approximate surface area is 143 Å². The molecule has 4 rings (SSSR count). The molecule has 0 spiro atoms. The molecule has 0 bridgehead atoms. The first kappa shape index (κ1) is 15.3. The SMILES string of the molecule is COC(=O)c1ccccc1NC1=NC(O)c2cc3ccccc3nc21. The lowest BCUT2D eigenvalue weighted by molar-refractivity contribution is 0.0602. The van der Waals surface area contributed by atoms with E-state index < -0.39 is 12.2 Å². The molecule has 1 unspecified atom stereocenters. The molecular weight excluding hydrogens is 318 g/mol. The molecule has 1 aromatic heterocycles. The number of benzene rings is 2. The van der Waals surface area contributed by atoms with Crippen molar-refractivity contribution in [2.75, 3.05) is 12.4 Å². The Balaban J connectivity index is 1.76. The molecule has 0 fully saturated rings. The van der Waals surface area contributed by atoms with Crippen molar-refractivity contribution in [2.24, 2.45) is 4.99 Å². The van der Waals surface area contributed by atoms with Crippen LogP contribution in [-0.4, -0.2) is 29.0 Å². The largest absolute Gasteiger partial charge is 0.465 e. The van der Waals surface area contributed by atoms with Gasteiger partial charge < -0.3 is 15.2 Å². The normalized spacial score (nSPS) is 15.6. The summed E-state index contributed by atoms with van der Waals surface area (Å²) < 4.78 is 4.81. The van der Waals surface area contributed by atoms with Crippen molar-refractivity contribution in [3.05, 3.63) is 71.4 Å². The van der Waals surface area contributed by atoms with E-state index in [2.05, 4.69) is 15.3 Å². The third kappa shape index (κ3) is 2.62. The maximum absolute atomic E-state index is 11.9. The van der Waals surface area contributed by atoms with Gasteiger partial charge in [0.1, 0.15) is 5.69 Å². The minimum atomic E-state index is -0.986. The number of aliphatic hydroxyl groups is 1. The van der Waals surface area contributed by atoms with Crippen LogP contribution in [0.4, 0.5) is 5.69 Å². The van der Waals surface area contributed by atoms with Crippen molar-refractivity contribution >= 4 is 28.4 Å². The van der Waals surface area contributed by atoms with Gasteiger partial charge in [0.2, 0.25) is 0 Å². The molecule has 0 amide bonds. The van der Waals surface area contributed by atoms with E-state index in [1.165, 1.54) is 7.11 Å². The highest BCUT2D eigenvalue weighted by atomic mass is 16.5. The average Bonchev–Trinajstić information content (AvgIpc) is 2.95. The molecule has 2 N–H and O–H groups in total. The summed E-state index contributed by atoms with van der Waals surface area (Å²) in [5.74, 6) is -0.0291. The predicted octanol–water partition coefficient (Wildman–Crippen LogP) is 2.88. The average molecular weight is 333 g/mol. The third-order valence-corrected chi connectivity index (χ3v) is 4.09. The number of aromatic nitrogens is 1. The van der Waals surface area contributed by atoms with Gasteiger partial charge in [-0.1, -0.05) is 30.3 Å². The number of nitrogens with one attached hydrogen (secondary N) is 1. The van der Waals surface area contributed by atoms with E-state index >= 15 is 0 Å². The molecular formula is C19H15N3O3. The number of fused-ring (bicyclic) bond motifs is 2. The monoisotopic (exact) mass is 333 g/mol. The highest BCUT2D eigenvalue weighted by Gasteiger charge is 2.26. The molecule has 2 aromatic carbocycles. The molecule has 0 aliphatic carbocycles. The Morgan fingerprint density at radius 1 is 1.16 bits per heavy atom. The third-order valence-electron chi connectivity index (χ3n) is 4.09. The molecule has 6 heteroatoms. The number of esters is 1. The van der Waals surface area contributed by atoms with Gasteiger partial charge in [-0.15, -0.1) is 0 Å². The Bertz CT molecular complexity index is 1010. The molecule has 6 nitrogen and oxygen atoms in total. The quantitative estimate of drug-likeness (QED) is 0.705. The fourth-order valence-electron chi connectivity index (χ4n) is 2.87. The molecule has 3 aromatic rings. The van der Waals surface area contributed by atoms with Crippen molar-refractivity contribution < 1.29 is 14.6 Å². The summed E-state index contributed by atoms with van der Waals surface area (Å²) in [6.45, 7) is 0. The van der Waals surface area contributed by atoms with Crippen LogP contribution in [0.1, 0.15) is 27.8 Å². The highest BCUT2D eigenvalue weighted by Crippen LogP contribution is 2.30. The van der Waals surface area contributed by atoms with Crippen molar-refractivity contribution in [2.45, 2.75) is 6.23 Å². The van der Waals surface area contributed by atoms with Gasteiger partial charge in [-0.3, -0.25) is 0 Å². The van der Waals surface area contributed by atoms with Crippen LogP contribution in [-0.2, 0) is 4.74 Å². The summed E-state index contributed by atoms with van der Waals surface area (Å²) in [5, 5.41) is 14.3. The van der Waals surface area contributed by atoms with E-state index in [4.69, 9.17) is 4.74 Å². The number of amidine groups is 1. The molecule has 124 valence electrons. The number of aliphatic imine (C=N–C) groups is 1. The maximum atomic E-state index is 11.9. The lowest BCUT2D eigenvalue weighted by atomic mass is 10.1. The molecule has 1 aliphatic heterocycles. The number of ether oxygens (including phenoxy) is 1. The van der Waals surface area contributed by atoms with Gasteiger partial charge in [-0.05, 0) is 24.3 Å². The summed E-state index contributed by atoms with van der Waals surface area (Å²) in [6.07, 6.45) is -0.986. The minimum absolute atomic E-state index is 0.386. The number of anilines is 1. The summed E-state index contributed by atoms with van der Waals surface area (Å²) in [4.78, 5) is 20.8. The topological polar surface area (TPSA) is 83.8 Å². The summed E-state index contributed by atoms with van der Waals surface area (Å²) in [7, 11) is 1.33. The number of rotatable bonds is 2. The lowest BCUT2D eigenvalue weighted by Crippen LogP contribution is -2.16. The zero-order valence-corrected chi connectivity index (χ0v) is 13.4. The van der Waals surface area contributed by atoms with Gasteiger partial charge in [0.15, 0.2) is 12.1 Å². The molecule has 2 heterocycles. The standard InChI is InChI=1S/C19H15N3O3/c1-25-19(24)12-7-3-5-9-15(12)21-17-16-13(18(23)22-17)10-11-6-2-4-8-14(11)20-16/h2-10,18,23H,1H3,(H,21,22). The minimum Gasteiger partial charge on any atom is -0.465 e. The maximum Gasteiger partial charge on any atom is 0.339 e. The van der Waals surface area contributed by atoms with Crippen LogP contribution in [0.15, 0.2) is 59.6 Å². The van der Waals surface area contributed by atoms with E-state index in [9.17, 15) is 9.90 Å². The Kier molecular flexibility index (Phi) is 3.66. The fraction of sp³-hybridized carbons (Fsp3) is 0.105. The van der Waals surface area contributed by atoms with E-state index in [0.29, 0.717) is 28.3 Å². The summed E-state index contributed by atoms with van der Waals surface area (Å²) in [5.41, 5.74) is 2.95. The van der Waals surface area contributed by atoms with Gasteiger partial charge >= 0.3 is 5.97 Å². The van der Waals surface area contributed by atoms with Crippen molar-refractivity contribution in [1.29, 1.82) is 0 Å². The first-order valence-corrected chi connectivity index (χ1v) is 7.77. The van der Waals surface area contributed by atoms with Crippen molar-refractivity contribution in [3.63, 3.8) is 0 Å². The van der Waals surface area contributed by atoms with Gasteiger partial charge in [0.05, 0.1) is 23.9 Å².